The Hall–Kier alpha value is -1.47. The van der Waals surface area contributed by atoms with Crippen LogP contribution in [0.25, 0.3) is 0 Å². The van der Waals surface area contributed by atoms with Crippen LogP contribution in [0, 0.1) is 5.92 Å². The first-order chi connectivity index (χ1) is 12.4. The Bertz CT molecular complexity index is 422. The highest BCUT2D eigenvalue weighted by atomic mass is 16.5. The van der Waals surface area contributed by atoms with E-state index in [9.17, 15) is 9.90 Å². The van der Waals surface area contributed by atoms with Crippen LogP contribution in [0.4, 0.5) is 0 Å². The molecule has 0 saturated heterocycles. The van der Waals surface area contributed by atoms with Crippen molar-refractivity contribution < 1.29 is 30.0 Å². The maximum Gasteiger partial charge on any atom is 0.337 e. The SMILES string of the molecule is CC(O)CO.CCCCC(CO)C(O)CC.COC(=O)c1ccccc1. The molecule has 0 spiro atoms. The second kappa shape index (κ2) is 18.3. The van der Waals surface area contributed by atoms with Crippen LogP contribution in [0.15, 0.2) is 30.3 Å². The van der Waals surface area contributed by atoms with Crippen molar-refractivity contribution >= 4 is 5.97 Å². The number of esters is 1. The van der Waals surface area contributed by atoms with Gasteiger partial charge in [-0.3, -0.25) is 0 Å². The molecule has 152 valence electrons. The Kier molecular flexibility index (Phi) is 18.9. The maximum absolute atomic E-state index is 10.8. The van der Waals surface area contributed by atoms with Gasteiger partial charge in [0.15, 0.2) is 0 Å². The number of rotatable bonds is 8. The van der Waals surface area contributed by atoms with Crippen molar-refractivity contribution in [3.8, 4) is 0 Å². The molecule has 3 unspecified atom stereocenters. The van der Waals surface area contributed by atoms with Crippen molar-refractivity contribution in [2.75, 3.05) is 20.3 Å². The first-order valence-electron chi connectivity index (χ1n) is 9.08. The van der Waals surface area contributed by atoms with Gasteiger partial charge in [0.05, 0.1) is 31.5 Å². The number of benzene rings is 1. The number of aliphatic hydroxyl groups excluding tert-OH is 4. The van der Waals surface area contributed by atoms with E-state index < -0.39 is 6.10 Å². The first-order valence-corrected chi connectivity index (χ1v) is 9.08. The minimum absolute atomic E-state index is 0.0972. The van der Waals surface area contributed by atoms with Gasteiger partial charge in [0.25, 0.3) is 0 Å². The summed E-state index contributed by atoms with van der Waals surface area (Å²) in [6.45, 7) is 5.57. The van der Waals surface area contributed by atoms with Gasteiger partial charge in [0.1, 0.15) is 0 Å². The van der Waals surface area contributed by atoms with E-state index in [1.807, 2.05) is 13.0 Å². The van der Waals surface area contributed by atoms with Crippen LogP contribution in [-0.2, 0) is 4.74 Å². The number of carbonyl (C=O) groups excluding carboxylic acids is 1. The second-order valence-electron chi connectivity index (χ2n) is 5.95. The Balaban J connectivity index is 0. The van der Waals surface area contributed by atoms with E-state index in [0.29, 0.717) is 5.56 Å². The van der Waals surface area contributed by atoms with Gasteiger partial charge < -0.3 is 25.2 Å². The fourth-order valence-electron chi connectivity index (χ4n) is 1.90. The van der Waals surface area contributed by atoms with Gasteiger partial charge in [-0.1, -0.05) is 44.9 Å². The van der Waals surface area contributed by atoms with Crippen LogP contribution in [0.1, 0.15) is 56.8 Å². The van der Waals surface area contributed by atoms with Crippen LogP contribution >= 0.6 is 0 Å². The molecule has 6 heteroatoms. The third-order valence-electron chi connectivity index (χ3n) is 3.58. The minimum atomic E-state index is -0.560. The molecule has 4 N–H and O–H groups in total. The predicted molar refractivity (Wildman–Crippen MR) is 103 cm³/mol. The summed E-state index contributed by atoms with van der Waals surface area (Å²) in [5, 5.41) is 34.3. The van der Waals surface area contributed by atoms with Crippen molar-refractivity contribution in [3.05, 3.63) is 35.9 Å². The number of aliphatic hydroxyl groups is 4. The molecule has 1 aromatic carbocycles. The average molecular weight is 373 g/mol. The van der Waals surface area contributed by atoms with Crippen LogP contribution < -0.4 is 0 Å². The molecule has 3 atom stereocenters. The summed E-state index contributed by atoms with van der Waals surface area (Å²) in [5.74, 6) is -0.194. The van der Waals surface area contributed by atoms with Gasteiger partial charge in [-0.05, 0) is 31.9 Å². The zero-order chi connectivity index (χ0) is 20.4. The van der Waals surface area contributed by atoms with E-state index in [1.165, 1.54) is 14.0 Å². The second-order valence-corrected chi connectivity index (χ2v) is 5.95. The molecule has 0 heterocycles. The Morgan fingerprint density at radius 3 is 1.96 bits per heavy atom. The number of hydrogen-bond acceptors (Lipinski definition) is 6. The lowest BCUT2D eigenvalue weighted by atomic mass is 9.95. The lowest BCUT2D eigenvalue weighted by Crippen LogP contribution is -2.22. The normalized spacial score (nSPS) is 13.2. The number of unbranched alkanes of at least 4 members (excludes halogenated alkanes) is 1. The van der Waals surface area contributed by atoms with E-state index in [0.717, 1.165) is 25.7 Å². The van der Waals surface area contributed by atoms with E-state index in [-0.39, 0.29) is 31.2 Å². The van der Waals surface area contributed by atoms with E-state index in [4.69, 9.17) is 15.3 Å². The quantitative estimate of drug-likeness (QED) is 0.522. The highest BCUT2D eigenvalue weighted by molar-refractivity contribution is 5.89. The summed E-state index contributed by atoms with van der Waals surface area (Å²) in [5.41, 5.74) is 0.588. The highest BCUT2D eigenvalue weighted by Crippen LogP contribution is 2.14. The predicted octanol–water partition coefficient (Wildman–Crippen LogP) is 2.39. The molecular formula is C20H36O6. The topological polar surface area (TPSA) is 107 Å². The molecule has 6 nitrogen and oxygen atoms in total. The summed E-state index contributed by atoms with van der Waals surface area (Å²) < 4.78 is 4.50. The third-order valence-corrected chi connectivity index (χ3v) is 3.58. The van der Waals surface area contributed by atoms with Crippen LogP contribution in [0.2, 0.25) is 0 Å². The molecule has 0 aromatic heterocycles. The first kappa shape index (κ1) is 26.8. The molecule has 0 aliphatic rings. The number of carbonyl (C=O) groups is 1. The summed E-state index contributed by atoms with van der Waals surface area (Å²) in [4.78, 5) is 10.8. The van der Waals surface area contributed by atoms with E-state index >= 15 is 0 Å². The Morgan fingerprint density at radius 2 is 1.62 bits per heavy atom. The highest BCUT2D eigenvalue weighted by Gasteiger charge is 2.15. The zero-order valence-corrected chi connectivity index (χ0v) is 16.5. The van der Waals surface area contributed by atoms with Crippen LogP contribution in [0.5, 0.6) is 0 Å². The van der Waals surface area contributed by atoms with E-state index in [2.05, 4.69) is 11.7 Å². The fraction of sp³-hybridized carbons (Fsp3) is 0.650. The van der Waals surface area contributed by atoms with Crippen molar-refractivity contribution in [2.24, 2.45) is 5.92 Å². The lowest BCUT2D eigenvalue weighted by molar-refractivity contribution is 0.0583. The van der Waals surface area contributed by atoms with Crippen molar-refractivity contribution in [3.63, 3.8) is 0 Å². The summed E-state index contributed by atoms with van der Waals surface area (Å²) in [6.07, 6.45) is 3.05. The van der Waals surface area contributed by atoms with Crippen LogP contribution in [0.3, 0.4) is 0 Å². The third kappa shape index (κ3) is 14.8. The molecule has 1 rings (SSSR count). The molecule has 0 aliphatic carbocycles. The van der Waals surface area contributed by atoms with Crippen molar-refractivity contribution in [1.29, 1.82) is 0 Å². The van der Waals surface area contributed by atoms with E-state index in [1.54, 1.807) is 24.3 Å². The molecule has 0 bridgehead atoms. The maximum atomic E-state index is 10.8. The summed E-state index contributed by atoms with van der Waals surface area (Å²) in [7, 11) is 1.37. The van der Waals surface area contributed by atoms with Crippen LogP contribution in [-0.4, -0.2) is 58.9 Å². The zero-order valence-electron chi connectivity index (χ0n) is 16.5. The molecule has 0 saturated carbocycles. The monoisotopic (exact) mass is 372 g/mol. The number of methoxy groups -OCH3 is 1. The smallest absolute Gasteiger partial charge is 0.337 e. The van der Waals surface area contributed by atoms with Gasteiger partial charge in [-0.15, -0.1) is 0 Å². The molecule has 0 radical (unpaired) electrons. The van der Waals surface area contributed by atoms with Crippen molar-refractivity contribution in [1.82, 2.24) is 0 Å². The number of ether oxygens (including phenoxy) is 1. The Morgan fingerprint density at radius 1 is 1.08 bits per heavy atom. The molecule has 0 amide bonds. The van der Waals surface area contributed by atoms with Crippen molar-refractivity contribution in [2.45, 2.75) is 58.7 Å². The number of hydrogen-bond donors (Lipinski definition) is 4. The summed E-state index contributed by atoms with van der Waals surface area (Å²) >= 11 is 0. The van der Waals surface area contributed by atoms with Gasteiger partial charge >= 0.3 is 5.97 Å². The molecule has 1 aromatic rings. The lowest BCUT2D eigenvalue weighted by Gasteiger charge is -2.18. The molecule has 0 fully saturated rings. The standard InChI is InChI=1S/C9H20O2.C8H8O2.C3H8O2/c1-3-5-6-8(7-10)9(11)4-2;1-10-8(9)7-5-3-2-4-6-7;1-3(5)2-4/h8-11H,3-7H2,1-2H3;2-6H,1H3;3-5H,2H2,1H3. The van der Waals surface area contributed by atoms with Gasteiger partial charge in [0.2, 0.25) is 0 Å². The average Bonchev–Trinajstić information content (AvgIpc) is 2.69. The fourth-order valence-corrected chi connectivity index (χ4v) is 1.90. The minimum Gasteiger partial charge on any atom is -0.465 e. The molecule has 0 aliphatic heterocycles. The Labute approximate surface area is 157 Å². The van der Waals surface area contributed by atoms with Gasteiger partial charge in [-0.2, -0.15) is 0 Å². The van der Waals surface area contributed by atoms with Gasteiger partial charge in [-0.25, -0.2) is 4.79 Å². The summed E-state index contributed by atoms with van der Waals surface area (Å²) in [6, 6.07) is 8.88. The largest absolute Gasteiger partial charge is 0.465 e. The molecular weight excluding hydrogens is 336 g/mol. The van der Waals surface area contributed by atoms with Gasteiger partial charge in [0, 0.05) is 12.5 Å². The molecule has 26 heavy (non-hydrogen) atoms.